The van der Waals surface area contributed by atoms with Crippen LogP contribution in [0, 0.1) is 6.92 Å². The van der Waals surface area contributed by atoms with Gasteiger partial charge in [-0.25, -0.2) is 4.98 Å². The number of carboxylic acid groups (broad SMARTS) is 1. The standard InChI is InChI=1S/C11H18N2O2/c1-7(2)11-12-8(3)9(13(11)4)5-6-10(14)15/h7H,5-6H2,1-4H3,(H,14,15). The highest BCUT2D eigenvalue weighted by Crippen LogP contribution is 2.18. The van der Waals surface area contributed by atoms with Crippen molar-refractivity contribution in [3.8, 4) is 0 Å². The molecule has 0 aromatic carbocycles. The Balaban J connectivity index is 2.92. The fourth-order valence-electron chi connectivity index (χ4n) is 1.78. The van der Waals surface area contributed by atoms with E-state index in [0.29, 0.717) is 12.3 Å². The molecule has 0 saturated carbocycles. The molecule has 0 fully saturated rings. The number of aliphatic carboxylic acids is 1. The Morgan fingerprint density at radius 1 is 1.53 bits per heavy atom. The second kappa shape index (κ2) is 4.47. The van der Waals surface area contributed by atoms with E-state index in [0.717, 1.165) is 17.2 Å². The zero-order valence-corrected chi connectivity index (χ0v) is 9.74. The van der Waals surface area contributed by atoms with Gasteiger partial charge in [0.2, 0.25) is 0 Å². The van der Waals surface area contributed by atoms with E-state index in [4.69, 9.17) is 5.11 Å². The summed E-state index contributed by atoms with van der Waals surface area (Å²) in [4.78, 5) is 15.0. The van der Waals surface area contributed by atoms with Gasteiger partial charge < -0.3 is 9.67 Å². The van der Waals surface area contributed by atoms with Gasteiger partial charge in [0.05, 0.1) is 12.1 Å². The average molecular weight is 210 g/mol. The van der Waals surface area contributed by atoms with Crippen LogP contribution in [-0.4, -0.2) is 20.6 Å². The first-order valence-corrected chi connectivity index (χ1v) is 5.17. The predicted octanol–water partition coefficient (Wildman–Crippen LogP) is 1.87. The summed E-state index contributed by atoms with van der Waals surface area (Å²) in [5.74, 6) is 0.627. The number of aryl methyl sites for hydroxylation is 1. The van der Waals surface area contributed by atoms with Crippen LogP contribution in [0.1, 0.15) is 43.4 Å². The molecular formula is C11H18N2O2. The van der Waals surface area contributed by atoms with E-state index >= 15 is 0 Å². The molecule has 1 rings (SSSR count). The van der Waals surface area contributed by atoms with Crippen molar-refractivity contribution in [1.29, 1.82) is 0 Å². The molecule has 84 valence electrons. The smallest absolute Gasteiger partial charge is 0.303 e. The number of hydrogen-bond donors (Lipinski definition) is 1. The monoisotopic (exact) mass is 210 g/mol. The number of imidazole rings is 1. The van der Waals surface area contributed by atoms with Gasteiger partial charge in [0.25, 0.3) is 0 Å². The van der Waals surface area contributed by atoms with E-state index < -0.39 is 5.97 Å². The maximum atomic E-state index is 10.5. The van der Waals surface area contributed by atoms with Gasteiger partial charge in [0.15, 0.2) is 0 Å². The number of rotatable bonds is 4. The van der Waals surface area contributed by atoms with Gasteiger partial charge >= 0.3 is 5.97 Å². The third-order valence-corrected chi connectivity index (χ3v) is 2.54. The Morgan fingerprint density at radius 2 is 2.13 bits per heavy atom. The van der Waals surface area contributed by atoms with Gasteiger partial charge in [-0.15, -0.1) is 0 Å². The maximum absolute atomic E-state index is 10.5. The van der Waals surface area contributed by atoms with Crippen LogP contribution in [0.15, 0.2) is 0 Å². The minimum Gasteiger partial charge on any atom is -0.481 e. The molecule has 0 spiro atoms. The van der Waals surface area contributed by atoms with E-state index in [1.54, 1.807) is 0 Å². The Labute approximate surface area is 89.9 Å². The lowest BCUT2D eigenvalue weighted by Crippen LogP contribution is -2.06. The Morgan fingerprint density at radius 3 is 2.53 bits per heavy atom. The fraction of sp³-hybridized carbons (Fsp3) is 0.636. The van der Waals surface area contributed by atoms with Crippen molar-refractivity contribution in [3.63, 3.8) is 0 Å². The molecule has 0 atom stereocenters. The molecule has 0 aliphatic rings. The van der Waals surface area contributed by atoms with E-state index in [9.17, 15) is 4.79 Å². The lowest BCUT2D eigenvalue weighted by atomic mass is 10.2. The molecule has 15 heavy (non-hydrogen) atoms. The van der Waals surface area contributed by atoms with Crippen LogP contribution >= 0.6 is 0 Å². The van der Waals surface area contributed by atoms with Crippen LogP contribution in [0.4, 0.5) is 0 Å². The normalized spacial score (nSPS) is 11.0. The molecule has 0 aliphatic heterocycles. The third kappa shape index (κ3) is 2.58. The largest absolute Gasteiger partial charge is 0.481 e. The van der Waals surface area contributed by atoms with Crippen molar-refractivity contribution in [2.24, 2.45) is 7.05 Å². The first kappa shape index (κ1) is 11.8. The molecule has 4 nitrogen and oxygen atoms in total. The topological polar surface area (TPSA) is 55.1 Å². The fourth-order valence-corrected chi connectivity index (χ4v) is 1.78. The van der Waals surface area contributed by atoms with Crippen molar-refractivity contribution < 1.29 is 9.90 Å². The first-order chi connectivity index (χ1) is 6.93. The summed E-state index contributed by atoms with van der Waals surface area (Å²) in [6.45, 7) is 6.11. The predicted molar refractivity (Wildman–Crippen MR) is 58.0 cm³/mol. The van der Waals surface area contributed by atoms with Gasteiger partial charge in [-0.1, -0.05) is 13.8 Å². The first-order valence-electron chi connectivity index (χ1n) is 5.17. The number of nitrogens with zero attached hydrogens (tertiary/aromatic N) is 2. The molecular weight excluding hydrogens is 192 g/mol. The second-order valence-electron chi connectivity index (χ2n) is 4.11. The van der Waals surface area contributed by atoms with Crippen LogP contribution in [0.3, 0.4) is 0 Å². The van der Waals surface area contributed by atoms with Crippen molar-refractivity contribution >= 4 is 5.97 Å². The highest BCUT2D eigenvalue weighted by Gasteiger charge is 2.14. The van der Waals surface area contributed by atoms with Crippen LogP contribution in [0.5, 0.6) is 0 Å². The number of carbonyl (C=O) groups is 1. The van der Waals surface area contributed by atoms with Gasteiger partial charge in [-0.3, -0.25) is 4.79 Å². The Kier molecular flexibility index (Phi) is 3.50. The molecule has 0 saturated heterocycles. The molecule has 1 aromatic rings. The molecule has 0 bridgehead atoms. The quantitative estimate of drug-likeness (QED) is 0.825. The Bertz CT molecular complexity index is 367. The maximum Gasteiger partial charge on any atom is 0.303 e. The summed E-state index contributed by atoms with van der Waals surface area (Å²) in [5.41, 5.74) is 1.98. The van der Waals surface area contributed by atoms with Crippen molar-refractivity contribution in [1.82, 2.24) is 9.55 Å². The number of carboxylic acids is 1. The van der Waals surface area contributed by atoms with Crippen LogP contribution in [0.2, 0.25) is 0 Å². The van der Waals surface area contributed by atoms with Crippen molar-refractivity contribution in [2.45, 2.75) is 39.5 Å². The molecule has 0 radical (unpaired) electrons. The van der Waals surface area contributed by atoms with Crippen molar-refractivity contribution in [2.75, 3.05) is 0 Å². The highest BCUT2D eigenvalue weighted by atomic mass is 16.4. The van der Waals surface area contributed by atoms with Gasteiger partial charge in [0, 0.05) is 18.7 Å². The van der Waals surface area contributed by atoms with Gasteiger partial charge in [0.1, 0.15) is 5.82 Å². The summed E-state index contributed by atoms with van der Waals surface area (Å²) in [5, 5.41) is 8.64. The Hall–Kier alpha value is -1.32. The summed E-state index contributed by atoms with van der Waals surface area (Å²) in [6, 6.07) is 0. The zero-order valence-electron chi connectivity index (χ0n) is 9.74. The number of hydrogen-bond acceptors (Lipinski definition) is 2. The number of aromatic nitrogens is 2. The SMILES string of the molecule is Cc1nc(C(C)C)n(C)c1CCC(=O)O. The van der Waals surface area contributed by atoms with Crippen LogP contribution < -0.4 is 0 Å². The molecule has 0 aliphatic carbocycles. The van der Waals surface area contributed by atoms with E-state index in [1.165, 1.54) is 0 Å². The molecule has 1 aromatic heterocycles. The lowest BCUT2D eigenvalue weighted by molar-refractivity contribution is -0.136. The molecule has 1 N–H and O–H groups in total. The van der Waals surface area contributed by atoms with E-state index in [2.05, 4.69) is 18.8 Å². The summed E-state index contributed by atoms with van der Waals surface area (Å²) in [6.07, 6.45) is 0.718. The molecule has 0 amide bonds. The third-order valence-electron chi connectivity index (χ3n) is 2.54. The highest BCUT2D eigenvalue weighted by molar-refractivity contribution is 5.67. The van der Waals surface area contributed by atoms with Crippen LogP contribution in [0.25, 0.3) is 0 Å². The molecule has 4 heteroatoms. The molecule has 1 heterocycles. The minimum atomic E-state index is -0.762. The summed E-state index contributed by atoms with van der Waals surface area (Å²) < 4.78 is 2.02. The lowest BCUT2D eigenvalue weighted by Gasteiger charge is -2.07. The average Bonchev–Trinajstić information content (AvgIpc) is 2.39. The molecule has 0 unspecified atom stereocenters. The second-order valence-corrected chi connectivity index (χ2v) is 4.11. The summed E-state index contributed by atoms with van der Waals surface area (Å²) >= 11 is 0. The summed E-state index contributed by atoms with van der Waals surface area (Å²) in [7, 11) is 1.95. The van der Waals surface area contributed by atoms with E-state index in [1.807, 2.05) is 18.5 Å². The van der Waals surface area contributed by atoms with Gasteiger partial charge in [-0.2, -0.15) is 0 Å². The minimum absolute atomic E-state index is 0.165. The van der Waals surface area contributed by atoms with Crippen molar-refractivity contribution in [3.05, 3.63) is 17.2 Å². The zero-order chi connectivity index (χ0) is 11.6. The van der Waals surface area contributed by atoms with Crippen LogP contribution in [-0.2, 0) is 18.3 Å². The van der Waals surface area contributed by atoms with Gasteiger partial charge in [-0.05, 0) is 13.3 Å². The van der Waals surface area contributed by atoms with E-state index in [-0.39, 0.29) is 6.42 Å².